The average molecular weight is 198 g/mol. The predicted molar refractivity (Wildman–Crippen MR) is 59.1 cm³/mol. The van der Waals surface area contributed by atoms with E-state index in [4.69, 9.17) is 4.74 Å². The summed E-state index contributed by atoms with van der Waals surface area (Å²) in [5, 5.41) is 0. The van der Waals surface area contributed by atoms with Gasteiger partial charge in [-0.25, -0.2) is 0 Å². The third-order valence-corrected chi connectivity index (χ3v) is 1.96. The summed E-state index contributed by atoms with van der Waals surface area (Å²) in [5.41, 5.74) is 0. The van der Waals surface area contributed by atoms with Crippen molar-refractivity contribution in [2.24, 2.45) is 0 Å². The van der Waals surface area contributed by atoms with Crippen molar-refractivity contribution in [3.63, 3.8) is 0 Å². The van der Waals surface area contributed by atoms with E-state index in [9.17, 15) is 4.79 Å². The number of carbonyl (C=O) groups excluding carboxylic acids is 1. The van der Waals surface area contributed by atoms with Crippen LogP contribution < -0.4 is 0 Å². The molecule has 0 radical (unpaired) electrons. The van der Waals surface area contributed by atoms with Crippen LogP contribution in [0.2, 0.25) is 0 Å². The molecule has 14 heavy (non-hydrogen) atoms. The lowest BCUT2D eigenvalue weighted by Crippen LogP contribution is -1.99. The summed E-state index contributed by atoms with van der Waals surface area (Å²) in [6.07, 6.45) is 11.4. The molecule has 0 aliphatic rings. The second kappa shape index (κ2) is 10.3. The van der Waals surface area contributed by atoms with E-state index in [1.54, 1.807) is 0 Å². The number of ether oxygens (including phenoxy) is 1. The highest BCUT2D eigenvalue weighted by Crippen LogP contribution is 2.00. The van der Waals surface area contributed by atoms with E-state index in [2.05, 4.69) is 19.1 Å². The summed E-state index contributed by atoms with van der Waals surface area (Å²) < 4.78 is 4.82. The molecule has 2 nitrogen and oxygen atoms in total. The fraction of sp³-hybridized carbons (Fsp3) is 0.750. The molecule has 0 saturated carbocycles. The number of rotatable bonds is 8. The van der Waals surface area contributed by atoms with Gasteiger partial charge in [-0.05, 0) is 25.7 Å². The topological polar surface area (TPSA) is 26.3 Å². The van der Waals surface area contributed by atoms with Crippen LogP contribution in [0.15, 0.2) is 12.2 Å². The molecule has 0 amide bonds. The summed E-state index contributed by atoms with van der Waals surface area (Å²) in [7, 11) is 0. The van der Waals surface area contributed by atoms with Crippen LogP contribution in [0.5, 0.6) is 0 Å². The zero-order chi connectivity index (χ0) is 10.6. The van der Waals surface area contributed by atoms with Crippen LogP contribution in [0.3, 0.4) is 0 Å². The van der Waals surface area contributed by atoms with Gasteiger partial charge in [-0.1, -0.05) is 31.9 Å². The molecule has 0 aliphatic carbocycles. The number of allylic oxidation sites excluding steroid dienone is 2. The van der Waals surface area contributed by atoms with Crippen LogP contribution in [0.4, 0.5) is 0 Å². The maximum absolute atomic E-state index is 10.4. The lowest BCUT2D eigenvalue weighted by atomic mass is 10.2. The standard InChI is InChI=1S/C12H22O2/c1-3-4-5-6-7-8-9-10-11-14-12(2)13/h6-7H,3-5,8-11H2,1-2H3/b7-6+. The summed E-state index contributed by atoms with van der Waals surface area (Å²) in [6, 6.07) is 0. The van der Waals surface area contributed by atoms with Gasteiger partial charge in [-0.3, -0.25) is 4.79 Å². The Balaban J connectivity index is 3.05. The van der Waals surface area contributed by atoms with Gasteiger partial charge in [0.15, 0.2) is 0 Å². The lowest BCUT2D eigenvalue weighted by Gasteiger charge is -1.99. The number of unbranched alkanes of at least 4 members (excludes halogenated alkanes) is 4. The van der Waals surface area contributed by atoms with Crippen molar-refractivity contribution in [2.75, 3.05) is 6.61 Å². The fourth-order valence-corrected chi connectivity index (χ4v) is 1.14. The van der Waals surface area contributed by atoms with Gasteiger partial charge in [0.1, 0.15) is 0 Å². The maximum Gasteiger partial charge on any atom is 0.302 e. The van der Waals surface area contributed by atoms with Gasteiger partial charge < -0.3 is 4.74 Å². The van der Waals surface area contributed by atoms with E-state index in [0.717, 1.165) is 19.3 Å². The SMILES string of the molecule is CCCC/C=C/CCCCOC(C)=O. The van der Waals surface area contributed by atoms with Crippen molar-refractivity contribution in [3.8, 4) is 0 Å². The van der Waals surface area contributed by atoms with Crippen LogP contribution in [-0.4, -0.2) is 12.6 Å². The van der Waals surface area contributed by atoms with Crippen LogP contribution in [0.25, 0.3) is 0 Å². The van der Waals surface area contributed by atoms with Gasteiger partial charge in [0, 0.05) is 6.92 Å². The maximum atomic E-state index is 10.4. The molecule has 0 aromatic heterocycles. The van der Waals surface area contributed by atoms with Crippen molar-refractivity contribution in [2.45, 2.75) is 52.4 Å². The van der Waals surface area contributed by atoms with Crippen LogP contribution in [-0.2, 0) is 9.53 Å². The first-order valence-corrected chi connectivity index (χ1v) is 5.55. The first-order valence-electron chi connectivity index (χ1n) is 5.55. The van der Waals surface area contributed by atoms with Crippen LogP contribution in [0.1, 0.15) is 52.4 Å². The molecular weight excluding hydrogens is 176 g/mol. The Kier molecular flexibility index (Phi) is 9.71. The van der Waals surface area contributed by atoms with Crippen molar-refractivity contribution in [1.29, 1.82) is 0 Å². The van der Waals surface area contributed by atoms with E-state index in [-0.39, 0.29) is 5.97 Å². The quantitative estimate of drug-likeness (QED) is 0.339. The largest absolute Gasteiger partial charge is 0.466 e. The molecule has 0 aliphatic heterocycles. The van der Waals surface area contributed by atoms with E-state index in [1.807, 2.05) is 0 Å². The number of hydrogen-bond donors (Lipinski definition) is 0. The molecular formula is C12H22O2. The molecule has 0 aromatic rings. The molecule has 0 heterocycles. The Morgan fingerprint density at radius 3 is 2.36 bits per heavy atom. The summed E-state index contributed by atoms with van der Waals surface area (Å²) in [4.78, 5) is 10.4. The van der Waals surface area contributed by atoms with E-state index in [1.165, 1.54) is 26.2 Å². The minimum atomic E-state index is -0.177. The molecule has 0 fully saturated rings. The van der Waals surface area contributed by atoms with Crippen LogP contribution >= 0.6 is 0 Å². The zero-order valence-corrected chi connectivity index (χ0v) is 9.42. The smallest absolute Gasteiger partial charge is 0.302 e. The summed E-state index contributed by atoms with van der Waals surface area (Å²) >= 11 is 0. The molecule has 82 valence electrons. The monoisotopic (exact) mass is 198 g/mol. The van der Waals surface area contributed by atoms with Crippen molar-refractivity contribution in [3.05, 3.63) is 12.2 Å². The lowest BCUT2D eigenvalue weighted by molar-refractivity contribution is -0.141. The molecule has 0 spiro atoms. The fourth-order valence-electron chi connectivity index (χ4n) is 1.14. The second-order valence-corrected chi connectivity index (χ2v) is 3.45. The Morgan fingerprint density at radius 2 is 1.79 bits per heavy atom. The number of esters is 1. The van der Waals surface area contributed by atoms with Crippen molar-refractivity contribution >= 4 is 5.97 Å². The van der Waals surface area contributed by atoms with E-state index >= 15 is 0 Å². The number of hydrogen-bond acceptors (Lipinski definition) is 2. The Labute approximate surface area is 87.3 Å². The van der Waals surface area contributed by atoms with Crippen LogP contribution in [0, 0.1) is 0 Å². The molecule has 0 saturated heterocycles. The van der Waals surface area contributed by atoms with Crippen molar-refractivity contribution < 1.29 is 9.53 Å². The number of carbonyl (C=O) groups is 1. The minimum Gasteiger partial charge on any atom is -0.466 e. The average Bonchev–Trinajstić information content (AvgIpc) is 2.15. The molecule has 0 N–H and O–H groups in total. The highest BCUT2D eigenvalue weighted by atomic mass is 16.5. The first-order chi connectivity index (χ1) is 6.77. The van der Waals surface area contributed by atoms with E-state index in [0.29, 0.717) is 6.61 Å². The Bertz CT molecular complexity index is 162. The zero-order valence-electron chi connectivity index (χ0n) is 9.42. The van der Waals surface area contributed by atoms with Gasteiger partial charge in [0.25, 0.3) is 0 Å². The molecule has 0 rings (SSSR count). The molecule has 2 heteroatoms. The van der Waals surface area contributed by atoms with Gasteiger partial charge in [-0.15, -0.1) is 0 Å². The van der Waals surface area contributed by atoms with Crippen molar-refractivity contribution in [1.82, 2.24) is 0 Å². The first kappa shape index (κ1) is 13.2. The molecule has 0 aromatic carbocycles. The van der Waals surface area contributed by atoms with Gasteiger partial charge in [0.2, 0.25) is 0 Å². The molecule has 0 bridgehead atoms. The Morgan fingerprint density at radius 1 is 1.14 bits per heavy atom. The summed E-state index contributed by atoms with van der Waals surface area (Å²) in [5.74, 6) is -0.177. The third kappa shape index (κ3) is 11.2. The van der Waals surface area contributed by atoms with Gasteiger partial charge in [0.05, 0.1) is 6.61 Å². The minimum absolute atomic E-state index is 0.177. The Hall–Kier alpha value is -0.790. The third-order valence-electron chi connectivity index (χ3n) is 1.96. The normalized spacial score (nSPS) is 10.7. The highest BCUT2D eigenvalue weighted by Gasteiger charge is 1.91. The molecule has 0 unspecified atom stereocenters. The van der Waals surface area contributed by atoms with E-state index < -0.39 is 0 Å². The highest BCUT2D eigenvalue weighted by molar-refractivity contribution is 5.65. The second-order valence-electron chi connectivity index (χ2n) is 3.45. The molecule has 0 atom stereocenters. The van der Waals surface area contributed by atoms with Gasteiger partial charge >= 0.3 is 5.97 Å². The summed E-state index contributed by atoms with van der Waals surface area (Å²) in [6.45, 7) is 4.22. The predicted octanol–water partition coefficient (Wildman–Crippen LogP) is 3.47. The van der Waals surface area contributed by atoms with Gasteiger partial charge in [-0.2, -0.15) is 0 Å².